The molecule has 0 fully saturated rings. The molecule has 0 aliphatic heterocycles. The summed E-state index contributed by atoms with van der Waals surface area (Å²) in [6.07, 6.45) is 7.78. The fourth-order valence-electron chi connectivity index (χ4n) is 2.59. The molecule has 4 aromatic rings. The number of pyridine rings is 1. The number of benzene rings is 1. The third-order valence-electron chi connectivity index (χ3n) is 3.78. The molecule has 0 aliphatic carbocycles. The highest BCUT2D eigenvalue weighted by Crippen LogP contribution is 2.31. The van der Waals surface area contributed by atoms with Gasteiger partial charge in [-0.3, -0.25) is 14.8 Å². The fourth-order valence-corrected chi connectivity index (χ4v) is 3.55. The first kappa shape index (κ1) is 16.0. The monoisotopic (exact) mass is 366 g/mol. The van der Waals surface area contributed by atoms with Crippen LogP contribution in [0.3, 0.4) is 0 Å². The Morgan fingerprint density at radius 3 is 2.62 bits per heavy atom. The number of rotatable bonds is 5. The minimum Gasteiger partial charge on any atom is -0.334 e. The quantitative estimate of drug-likeness (QED) is 0.502. The molecule has 0 saturated heterocycles. The Bertz CT molecular complexity index is 1120. The van der Waals surface area contributed by atoms with Crippen LogP contribution in [-0.4, -0.2) is 33.6 Å². The molecule has 0 aliphatic rings. The van der Waals surface area contributed by atoms with Crippen molar-refractivity contribution in [2.24, 2.45) is 0 Å². The van der Waals surface area contributed by atoms with E-state index in [1.165, 1.54) is 12.5 Å². The second-order valence-electron chi connectivity index (χ2n) is 5.49. The van der Waals surface area contributed by atoms with E-state index in [-0.39, 0.29) is 5.03 Å². The summed E-state index contributed by atoms with van der Waals surface area (Å²) in [4.78, 5) is 10.3. The van der Waals surface area contributed by atoms with Gasteiger partial charge >= 0.3 is 0 Å². The number of nitrogens with one attached hydrogen (secondary N) is 3. The predicted octanol–water partition coefficient (Wildman–Crippen LogP) is 2.66. The average Bonchev–Trinajstić information content (AvgIpc) is 3.34. The van der Waals surface area contributed by atoms with Crippen molar-refractivity contribution in [2.45, 2.75) is 5.03 Å². The van der Waals surface area contributed by atoms with Crippen LogP contribution >= 0.6 is 0 Å². The molecular weight excluding hydrogens is 352 g/mol. The maximum absolute atomic E-state index is 12.3. The number of hydrogen-bond donors (Lipinski definition) is 3. The Hall–Kier alpha value is -3.46. The van der Waals surface area contributed by atoms with Crippen LogP contribution in [-0.2, 0) is 10.0 Å². The molecule has 0 atom stereocenters. The first-order valence-corrected chi connectivity index (χ1v) is 9.17. The minimum atomic E-state index is -3.72. The van der Waals surface area contributed by atoms with E-state index in [0.717, 1.165) is 22.4 Å². The van der Waals surface area contributed by atoms with Gasteiger partial charge in [-0.25, -0.2) is 4.98 Å². The molecule has 130 valence electrons. The van der Waals surface area contributed by atoms with Gasteiger partial charge in [0.25, 0.3) is 10.0 Å². The van der Waals surface area contributed by atoms with Crippen molar-refractivity contribution in [1.29, 1.82) is 0 Å². The summed E-state index contributed by atoms with van der Waals surface area (Å²) in [5.74, 6) is 0. The van der Waals surface area contributed by atoms with Gasteiger partial charge in [0.2, 0.25) is 0 Å². The lowest BCUT2D eigenvalue weighted by Crippen LogP contribution is -2.13. The number of nitrogens with zero attached hydrogens (tertiary/aromatic N) is 3. The van der Waals surface area contributed by atoms with Crippen LogP contribution in [0.4, 0.5) is 5.69 Å². The maximum atomic E-state index is 12.3. The largest absolute Gasteiger partial charge is 0.334 e. The van der Waals surface area contributed by atoms with Crippen molar-refractivity contribution >= 4 is 15.7 Å². The molecule has 0 amide bonds. The molecule has 4 rings (SSSR count). The molecule has 0 saturated carbocycles. The summed E-state index contributed by atoms with van der Waals surface area (Å²) in [5, 5.41) is 7.17. The molecule has 26 heavy (non-hydrogen) atoms. The van der Waals surface area contributed by atoms with Gasteiger partial charge in [-0.2, -0.15) is 13.5 Å². The van der Waals surface area contributed by atoms with Gasteiger partial charge in [0, 0.05) is 35.4 Å². The first-order valence-electron chi connectivity index (χ1n) is 7.69. The Labute approximate surface area is 149 Å². The number of hydrogen-bond acceptors (Lipinski definition) is 5. The zero-order valence-electron chi connectivity index (χ0n) is 13.4. The molecule has 0 unspecified atom stereocenters. The fraction of sp³-hybridized carbons (Fsp3) is 0. The van der Waals surface area contributed by atoms with E-state index in [0.29, 0.717) is 5.69 Å². The van der Waals surface area contributed by atoms with Crippen molar-refractivity contribution < 1.29 is 8.42 Å². The highest BCUT2D eigenvalue weighted by atomic mass is 32.2. The zero-order chi connectivity index (χ0) is 18.0. The molecule has 3 N–H and O–H groups in total. The van der Waals surface area contributed by atoms with Crippen LogP contribution in [0, 0.1) is 0 Å². The van der Waals surface area contributed by atoms with E-state index in [1.54, 1.807) is 36.8 Å². The van der Waals surface area contributed by atoms with E-state index < -0.39 is 10.0 Å². The van der Waals surface area contributed by atoms with Gasteiger partial charge in [0.05, 0.1) is 18.2 Å². The zero-order valence-corrected chi connectivity index (χ0v) is 14.2. The summed E-state index contributed by atoms with van der Waals surface area (Å²) >= 11 is 0. The molecule has 3 aromatic heterocycles. The van der Waals surface area contributed by atoms with Gasteiger partial charge in [0.15, 0.2) is 5.03 Å². The average molecular weight is 366 g/mol. The second kappa shape index (κ2) is 6.45. The highest BCUT2D eigenvalue weighted by Gasteiger charge is 2.17. The van der Waals surface area contributed by atoms with Gasteiger partial charge in [-0.1, -0.05) is 12.1 Å². The summed E-state index contributed by atoms with van der Waals surface area (Å²) in [7, 11) is -3.72. The first-order chi connectivity index (χ1) is 12.6. The van der Waals surface area contributed by atoms with Crippen molar-refractivity contribution in [3.8, 4) is 22.4 Å². The van der Waals surface area contributed by atoms with E-state index in [1.807, 2.05) is 18.2 Å². The van der Waals surface area contributed by atoms with E-state index in [4.69, 9.17) is 0 Å². The number of aromatic amines is 2. The van der Waals surface area contributed by atoms with Crippen LogP contribution < -0.4 is 4.72 Å². The van der Waals surface area contributed by atoms with Gasteiger partial charge in [-0.05, 0) is 29.8 Å². The van der Waals surface area contributed by atoms with E-state index >= 15 is 0 Å². The SMILES string of the molecule is O=S(=O)(Nc1cccc(-c2n[nH]cc2-c2ccncc2)c1)c1cnc[nH]1. The lowest BCUT2D eigenvalue weighted by molar-refractivity contribution is 0.598. The van der Waals surface area contributed by atoms with Crippen molar-refractivity contribution in [3.63, 3.8) is 0 Å². The van der Waals surface area contributed by atoms with Crippen molar-refractivity contribution in [3.05, 3.63) is 67.5 Å². The summed E-state index contributed by atoms with van der Waals surface area (Å²) in [5.41, 5.74) is 3.80. The summed E-state index contributed by atoms with van der Waals surface area (Å²) < 4.78 is 27.2. The van der Waals surface area contributed by atoms with Crippen LogP contribution in [0.2, 0.25) is 0 Å². The maximum Gasteiger partial charge on any atom is 0.278 e. The van der Waals surface area contributed by atoms with Crippen molar-refractivity contribution in [1.82, 2.24) is 25.1 Å². The third kappa shape index (κ3) is 3.07. The number of sulfonamides is 1. The molecule has 1 aromatic carbocycles. The minimum absolute atomic E-state index is 0.000136. The molecule has 0 spiro atoms. The smallest absolute Gasteiger partial charge is 0.278 e. The summed E-state index contributed by atoms with van der Waals surface area (Å²) in [6.45, 7) is 0. The number of aromatic nitrogens is 5. The number of anilines is 1. The van der Waals surface area contributed by atoms with Gasteiger partial charge in [-0.15, -0.1) is 0 Å². The van der Waals surface area contributed by atoms with Crippen molar-refractivity contribution in [2.75, 3.05) is 4.72 Å². The molecule has 0 bridgehead atoms. The number of H-pyrrole nitrogens is 2. The third-order valence-corrected chi connectivity index (χ3v) is 5.09. The van der Waals surface area contributed by atoms with Crippen LogP contribution in [0.15, 0.2) is 72.5 Å². The van der Waals surface area contributed by atoms with Crippen LogP contribution in [0.1, 0.15) is 0 Å². The highest BCUT2D eigenvalue weighted by molar-refractivity contribution is 7.92. The van der Waals surface area contributed by atoms with Crippen LogP contribution in [0.25, 0.3) is 22.4 Å². The standard InChI is InChI=1S/C17H14N6O2S/c24-26(25,16-10-19-11-20-16)23-14-3-1-2-13(8-14)17-15(9-21-22-17)12-4-6-18-7-5-12/h1-11,23H,(H,19,20)(H,21,22). The second-order valence-corrected chi connectivity index (χ2v) is 7.14. The Morgan fingerprint density at radius 2 is 1.85 bits per heavy atom. The predicted molar refractivity (Wildman–Crippen MR) is 96.7 cm³/mol. The van der Waals surface area contributed by atoms with Gasteiger partial charge in [0.1, 0.15) is 0 Å². The van der Waals surface area contributed by atoms with Crippen LogP contribution in [0.5, 0.6) is 0 Å². The normalized spacial score (nSPS) is 11.4. The molecule has 0 radical (unpaired) electrons. The summed E-state index contributed by atoms with van der Waals surface area (Å²) in [6, 6.07) is 10.8. The Kier molecular flexibility index (Phi) is 3.98. The topological polar surface area (TPSA) is 116 Å². The molecule has 3 heterocycles. The van der Waals surface area contributed by atoms with E-state index in [9.17, 15) is 8.42 Å². The Balaban J connectivity index is 1.69. The molecule has 9 heteroatoms. The number of imidazole rings is 1. The lowest BCUT2D eigenvalue weighted by atomic mass is 10.0. The van der Waals surface area contributed by atoms with Gasteiger partial charge < -0.3 is 4.98 Å². The molecule has 8 nitrogen and oxygen atoms in total. The Morgan fingerprint density at radius 1 is 1.00 bits per heavy atom. The molecular formula is C17H14N6O2S. The van der Waals surface area contributed by atoms with E-state index in [2.05, 4.69) is 29.9 Å². The lowest BCUT2D eigenvalue weighted by Gasteiger charge is -2.08.